The average molecular weight is 339 g/mol. The van der Waals surface area contributed by atoms with Crippen LogP contribution < -0.4 is 5.32 Å². The Balaban J connectivity index is 1.90. The number of nitrogens with one attached hydrogen (secondary N) is 1. The van der Waals surface area contributed by atoms with Crippen molar-refractivity contribution in [3.8, 4) is 6.07 Å². The number of amides is 2. The van der Waals surface area contributed by atoms with Gasteiger partial charge in [-0.3, -0.25) is 0 Å². The van der Waals surface area contributed by atoms with Gasteiger partial charge in [0.25, 0.3) is 0 Å². The molecule has 25 heavy (non-hydrogen) atoms. The van der Waals surface area contributed by atoms with E-state index in [9.17, 15) is 20.0 Å². The van der Waals surface area contributed by atoms with Crippen LogP contribution in [0.1, 0.15) is 12.0 Å². The van der Waals surface area contributed by atoms with Gasteiger partial charge in [-0.15, -0.1) is 0 Å². The summed E-state index contributed by atoms with van der Waals surface area (Å²) in [6.45, 7) is 0.251. The van der Waals surface area contributed by atoms with Crippen LogP contribution in [0.15, 0.2) is 36.4 Å². The average Bonchev–Trinajstić information content (AvgIpc) is 3.03. The predicted octanol–water partition coefficient (Wildman–Crippen LogP) is 1.85. The number of aliphatic hydroxyl groups excluding tert-OH is 1. The Bertz CT molecular complexity index is 874. The standard InChI is InChI=1S/C18H17N3O4/c1-25-17(23)16-15(22)8-9-21(16)18(24)20-14-7-6-11(10-19)12-4-2-3-5-13(12)14/h2-7,15-16,22H,8-9H2,1H3,(H,20,24)/t15-,16+/m1/s1. The molecular weight excluding hydrogens is 322 g/mol. The van der Waals surface area contributed by atoms with Crippen molar-refractivity contribution in [2.75, 3.05) is 19.0 Å². The molecule has 0 aliphatic carbocycles. The van der Waals surface area contributed by atoms with Gasteiger partial charge in [0.1, 0.15) is 0 Å². The zero-order valence-corrected chi connectivity index (χ0v) is 13.6. The molecule has 0 spiro atoms. The number of hydrogen-bond donors (Lipinski definition) is 2. The van der Waals surface area contributed by atoms with E-state index in [0.29, 0.717) is 17.7 Å². The number of nitriles is 1. The Kier molecular flexibility index (Phi) is 4.55. The third kappa shape index (κ3) is 2.99. The van der Waals surface area contributed by atoms with Gasteiger partial charge in [0.15, 0.2) is 6.04 Å². The summed E-state index contributed by atoms with van der Waals surface area (Å²) in [7, 11) is 1.22. The van der Waals surface area contributed by atoms with E-state index >= 15 is 0 Å². The summed E-state index contributed by atoms with van der Waals surface area (Å²) in [5.74, 6) is -0.648. The fraction of sp³-hybridized carbons (Fsp3) is 0.278. The molecule has 2 N–H and O–H groups in total. The highest BCUT2D eigenvalue weighted by Gasteiger charge is 2.42. The lowest BCUT2D eigenvalue weighted by Gasteiger charge is -2.24. The maximum Gasteiger partial charge on any atom is 0.331 e. The first-order valence-electron chi connectivity index (χ1n) is 7.82. The van der Waals surface area contributed by atoms with Crippen LogP contribution in [0.5, 0.6) is 0 Å². The number of hydrogen-bond acceptors (Lipinski definition) is 5. The monoisotopic (exact) mass is 339 g/mol. The summed E-state index contributed by atoms with van der Waals surface area (Å²) < 4.78 is 4.68. The van der Waals surface area contributed by atoms with Gasteiger partial charge in [-0.05, 0) is 18.6 Å². The molecule has 2 amide bonds. The minimum absolute atomic E-state index is 0.251. The van der Waals surface area contributed by atoms with Gasteiger partial charge in [0, 0.05) is 17.3 Å². The Morgan fingerprint density at radius 3 is 2.68 bits per heavy atom. The second-order valence-electron chi connectivity index (χ2n) is 5.77. The van der Waals surface area contributed by atoms with Crippen molar-refractivity contribution in [1.82, 2.24) is 4.90 Å². The number of carbonyl (C=O) groups is 2. The third-order valence-electron chi connectivity index (χ3n) is 4.36. The van der Waals surface area contributed by atoms with E-state index in [-0.39, 0.29) is 6.54 Å². The molecule has 1 heterocycles. The van der Waals surface area contributed by atoms with Crippen molar-refractivity contribution in [1.29, 1.82) is 5.26 Å². The van der Waals surface area contributed by atoms with Gasteiger partial charge < -0.3 is 20.1 Å². The number of methoxy groups -OCH3 is 1. The second kappa shape index (κ2) is 6.79. The molecule has 1 aliphatic heterocycles. The molecule has 0 bridgehead atoms. The molecule has 0 unspecified atom stereocenters. The molecular formula is C18H17N3O4. The SMILES string of the molecule is COC(=O)[C@@H]1[C@H](O)CCN1C(=O)Nc1ccc(C#N)c2ccccc12. The van der Waals surface area contributed by atoms with Gasteiger partial charge in [-0.2, -0.15) is 5.26 Å². The molecule has 3 rings (SSSR count). The van der Waals surface area contributed by atoms with E-state index in [2.05, 4.69) is 16.1 Å². The normalized spacial score (nSPS) is 19.5. The molecule has 1 fully saturated rings. The highest BCUT2D eigenvalue weighted by atomic mass is 16.5. The molecule has 7 nitrogen and oxygen atoms in total. The number of urea groups is 1. The van der Waals surface area contributed by atoms with E-state index in [1.165, 1.54) is 12.0 Å². The van der Waals surface area contributed by atoms with E-state index in [1.54, 1.807) is 18.2 Å². The molecule has 0 radical (unpaired) electrons. The summed E-state index contributed by atoms with van der Waals surface area (Å²) in [6.07, 6.45) is -0.641. The summed E-state index contributed by atoms with van der Waals surface area (Å²) in [5, 5.41) is 23.4. The largest absolute Gasteiger partial charge is 0.467 e. The fourth-order valence-corrected chi connectivity index (χ4v) is 3.10. The number of esters is 1. The second-order valence-corrected chi connectivity index (χ2v) is 5.77. The number of benzene rings is 2. The minimum Gasteiger partial charge on any atom is -0.467 e. The van der Waals surface area contributed by atoms with Crippen molar-refractivity contribution in [3.63, 3.8) is 0 Å². The topological polar surface area (TPSA) is 103 Å². The number of carbonyl (C=O) groups excluding carboxylic acids is 2. The lowest BCUT2D eigenvalue weighted by molar-refractivity contribution is -0.147. The highest BCUT2D eigenvalue weighted by Crippen LogP contribution is 2.28. The van der Waals surface area contributed by atoms with Crippen LogP contribution in [0.2, 0.25) is 0 Å². The number of aliphatic hydroxyl groups is 1. The number of anilines is 1. The quantitative estimate of drug-likeness (QED) is 0.813. The van der Waals surface area contributed by atoms with Gasteiger partial charge >= 0.3 is 12.0 Å². The first-order chi connectivity index (χ1) is 12.1. The number of likely N-dealkylation sites (tertiary alicyclic amines) is 1. The molecule has 0 saturated carbocycles. The van der Waals surface area contributed by atoms with E-state index < -0.39 is 24.1 Å². The zero-order chi connectivity index (χ0) is 18.0. The first-order valence-corrected chi connectivity index (χ1v) is 7.82. The summed E-state index contributed by atoms with van der Waals surface area (Å²) >= 11 is 0. The number of fused-ring (bicyclic) bond motifs is 1. The molecule has 2 aromatic rings. The maximum atomic E-state index is 12.6. The fourth-order valence-electron chi connectivity index (χ4n) is 3.10. The molecule has 2 atom stereocenters. The highest BCUT2D eigenvalue weighted by molar-refractivity contribution is 6.04. The summed E-state index contributed by atoms with van der Waals surface area (Å²) in [6, 6.07) is 11.1. The summed E-state index contributed by atoms with van der Waals surface area (Å²) in [5.41, 5.74) is 1.04. The van der Waals surface area contributed by atoms with Crippen molar-refractivity contribution >= 4 is 28.5 Å². The van der Waals surface area contributed by atoms with Gasteiger partial charge in [-0.1, -0.05) is 24.3 Å². The Labute approximate surface area is 144 Å². The molecule has 7 heteroatoms. The Morgan fingerprint density at radius 1 is 1.28 bits per heavy atom. The predicted molar refractivity (Wildman–Crippen MR) is 90.8 cm³/mol. The number of rotatable bonds is 2. The Hall–Kier alpha value is -3.11. The van der Waals surface area contributed by atoms with Crippen molar-refractivity contribution in [2.24, 2.45) is 0 Å². The van der Waals surface area contributed by atoms with E-state index in [0.717, 1.165) is 10.8 Å². The van der Waals surface area contributed by atoms with Crippen molar-refractivity contribution < 1.29 is 19.4 Å². The van der Waals surface area contributed by atoms with Crippen LogP contribution in [0.3, 0.4) is 0 Å². The molecule has 2 aromatic carbocycles. The van der Waals surface area contributed by atoms with Crippen molar-refractivity contribution in [2.45, 2.75) is 18.6 Å². The van der Waals surface area contributed by atoms with Crippen molar-refractivity contribution in [3.05, 3.63) is 42.0 Å². The number of nitrogens with zero attached hydrogens (tertiary/aromatic N) is 2. The lowest BCUT2D eigenvalue weighted by Crippen LogP contribution is -2.47. The van der Waals surface area contributed by atoms with E-state index in [1.807, 2.05) is 18.2 Å². The molecule has 0 aromatic heterocycles. The first kappa shape index (κ1) is 16.7. The minimum atomic E-state index is -1.02. The summed E-state index contributed by atoms with van der Waals surface area (Å²) in [4.78, 5) is 25.7. The molecule has 128 valence electrons. The van der Waals surface area contributed by atoms with Crippen LogP contribution in [0.4, 0.5) is 10.5 Å². The number of ether oxygens (including phenoxy) is 1. The lowest BCUT2D eigenvalue weighted by atomic mass is 10.0. The molecule has 1 saturated heterocycles. The van der Waals surface area contributed by atoms with E-state index in [4.69, 9.17) is 0 Å². The third-order valence-corrected chi connectivity index (χ3v) is 4.36. The van der Waals surface area contributed by atoms with Gasteiger partial charge in [0.2, 0.25) is 0 Å². The van der Waals surface area contributed by atoms with Crippen LogP contribution in [-0.4, -0.2) is 47.8 Å². The smallest absolute Gasteiger partial charge is 0.331 e. The molecule has 1 aliphatic rings. The maximum absolute atomic E-state index is 12.6. The zero-order valence-electron chi connectivity index (χ0n) is 13.6. The van der Waals surface area contributed by atoms with Crippen LogP contribution in [0.25, 0.3) is 10.8 Å². The van der Waals surface area contributed by atoms with Gasteiger partial charge in [-0.25, -0.2) is 9.59 Å². The van der Waals surface area contributed by atoms with Gasteiger partial charge in [0.05, 0.1) is 30.5 Å². The van der Waals surface area contributed by atoms with Crippen LogP contribution in [-0.2, 0) is 9.53 Å². The van der Waals surface area contributed by atoms with Crippen LogP contribution in [0, 0.1) is 11.3 Å². The van der Waals surface area contributed by atoms with Crippen LogP contribution >= 0.6 is 0 Å². The Morgan fingerprint density at radius 2 is 2.00 bits per heavy atom.